The molecule has 148 valence electrons. The Morgan fingerprint density at radius 3 is 2.56 bits per heavy atom. The fourth-order valence-electron chi connectivity index (χ4n) is 3.19. The summed E-state index contributed by atoms with van der Waals surface area (Å²) < 4.78 is 16.8. The molecule has 0 radical (unpaired) electrons. The first-order chi connectivity index (χ1) is 12.6. The Morgan fingerprint density at radius 1 is 1.11 bits per heavy atom. The number of phenols is 1. The largest absolute Gasteiger partial charge is 0.504 e. The zero-order chi connectivity index (χ0) is 18.5. The lowest BCUT2D eigenvalue weighted by Gasteiger charge is -2.26. The number of nitrogens with one attached hydrogen (secondary N) is 1. The van der Waals surface area contributed by atoms with Crippen LogP contribution >= 0.6 is 12.4 Å². The van der Waals surface area contributed by atoms with Crippen molar-refractivity contribution in [3.63, 3.8) is 0 Å². The predicted octanol–water partition coefficient (Wildman–Crippen LogP) is 4.47. The van der Waals surface area contributed by atoms with Crippen LogP contribution in [0.25, 0.3) is 0 Å². The first-order valence-corrected chi connectivity index (χ1v) is 9.16. The van der Waals surface area contributed by atoms with Gasteiger partial charge in [0.25, 0.3) is 0 Å². The van der Waals surface area contributed by atoms with E-state index < -0.39 is 0 Å². The van der Waals surface area contributed by atoms with Gasteiger partial charge in [-0.05, 0) is 36.6 Å². The minimum Gasteiger partial charge on any atom is -0.504 e. The molecule has 1 unspecified atom stereocenters. The van der Waals surface area contributed by atoms with E-state index in [4.69, 9.17) is 14.2 Å². The molecule has 27 heavy (non-hydrogen) atoms. The van der Waals surface area contributed by atoms with Gasteiger partial charge in [-0.1, -0.05) is 32.0 Å². The monoisotopic (exact) mass is 393 g/mol. The third-order valence-corrected chi connectivity index (χ3v) is 4.49. The van der Waals surface area contributed by atoms with Crippen molar-refractivity contribution in [3.8, 4) is 23.0 Å². The minimum absolute atomic E-state index is 0. The van der Waals surface area contributed by atoms with Gasteiger partial charge in [0, 0.05) is 18.2 Å². The number of halogens is 1. The molecule has 0 bridgehead atoms. The Balaban J connectivity index is 0.00000261. The molecule has 5 nitrogen and oxygen atoms in total. The molecule has 1 atom stereocenters. The van der Waals surface area contributed by atoms with Crippen LogP contribution in [-0.4, -0.2) is 24.9 Å². The molecule has 0 aliphatic carbocycles. The number of benzene rings is 2. The average Bonchev–Trinajstić information content (AvgIpc) is 2.64. The lowest BCUT2D eigenvalue weighted by molar-refractivity contribution is 0.171. The molecule has 1 aliphatic heterocycles. The maximum absolute atomic E-state index is 10.4. The third kappa shape index (κ3) is 4.99. The molecular weight excluding hydrogens is 366 g/mol. The van der Waals surface area contributed by atoms with E-state index in [1.807, 2.05) is 31.2 Å². The molecule has 1 heterocycles. The van der Waals surface area contributed by atoms with Crippen LogP contribution in [0.1, 0.15) is 37.9 Å². The van der Waals surface area contributed by atoms with Gasteiger partial charge < -0.3 is 24.6 Å². The van der Waals surface area contributed by atoms with Crippen LogP contribution in [0.5, 0.6) is 23.0 Å². The summed E-state index contributed by atoms with van der Waals surface area (Å²) in [5, 5.41) is 14.0. The maximum atomic E-state index is 10.4. The summed E-state index contributed by atoms with van der Waals surface area (Å²) in [5.41, 5.74) is 1.96. The smallest absolute Gasteiger partial charge is 0.162 e. The number of hydrogen-bond donors (Lipinski definition) is 2. The van der Waals surface area contributed by atoms with E-state index in [1.54, 1.807) is 6.07 Å². The van der Waals surface area contributed by atoms with Gasteiger partial charge in [-0.15, -0.1) is 12.4 Å². The van der Waals surface area contributed by atoms with Crippen molar-refractivity contribution in [1.82, 2.24) is 5.32 Å². The summed E-state index contributed by atoms with van der Waals surface area (Å²) in [4.78, 5) is 0. The highest BCUT2D eigenvalue weighted by molar-refractivity contribution is 5.85. The second-order valence-electron chi connectivity index (χ2n) is 6.70. The van der Waals surface area contributed by atoms with Crippen LogP contribution in [0.3, 0.4) is 0 Å². The lowest BCUT2D eigenvalue weighted by atomic mass is 9.95. The number of ether oxygens (including phenoxy) is 3. The van der Waals surface area contributed by atoms with Crippen LogP contribution in [0.15, 0.2) is 36.4 Å². The van der Waals surface area contributed by atoms with Crippen molar-refractivity contribution < 1.29 is 19.3 Å². The van der Waals surface area contributed by atoms with E-state index in [1.165, 1.54) is 0 Å². The van der Waals surface area contributed by atoms with E-state index in [0.29, 0.717) is 38.0 Å². The second-order valence-corrected chi connectivity index (χ2v) is 6.70. The highest BCUT2D eigenvalue weighted by atomic mass is 35.5. The van der Waals surface area contributed by atoms with E-state index in [2.05, 4.69) is 25.2 Å². The highest BCUT2D eigenvalue weighted by Crippen LogP contribution is 2.35. The van der Waals surface area contributed by atoms with E-state index >= 15 is 0 Å². The standard InChI is InChI=1S/C21H27NO4.ClH/c1-4-24-18-7-5-6-16(21(18)23)13-22-20(14(2)3)15-8-9-17-19(12-15)26-11-10-25-17;/h5-9,12,14,20,22-23H,4,10-11,13H2,1-3H3;1H. The molecular formula is C21H28ClNO4. The average molecular weight is 394 g/mol. The normalized spacial score (nSPS) is 13.8. The Kier molecular flexibility index (Phi) is 7.63. The Bertz CT molecular complexity index is 751. The number of para-hydroxylation sites is 1. The van der Waals surface area contributed by atoms with Gasteiger partial charge in [0.2, 0.25) is 0 Å². The SMILES string of the molecule is CCOc1cccc(CNC(c2ccc3c(c2)OCCO3)C(C)C)c1O.Cl. The summed E-state index contributed by atoms with van der Waals surface area (Å²) >= 11 is 0. The minimum atomic E-state index is 0. The summed E-state index contributed by atoms with van der Waals surface area (Å²) in [6.07, 6.45) is 0. The van der Waals surface area contributed by atoms with Crippen molar-refractivity contribution in [1.29, 1.82) is 0 Å². The number of phenolic OH excluding ortho intramolecular Hbond substituents is 1. The Morgan fingerprint density at radius 2 is 1.85 bits per heavy atom. The molecule has 0 spiro atoms. The van der Waals surface area contributed by atoms with Crippen LogP contribution in [0, 0.1) is 5.92 Å². The van der Waals surface area contributed by atoms with E-state index in [9.17, 15) is 5.11 Å². The van der Waals surface area contributed by atoms with Crippen LogP contribution < -0.4 is 19.5 Å². The number of aromatic hydroxyl groups is 1. The molecule has 1 aliphatic rings. The van der Waals surface area contributed by atoms with Crippen molar-refractivity contribution in [2.75, 3.05) is 19.8 Å². The fraction of sp³-hybridized carbons (Fsp3) is 0.429. The van der Waals surface area contributed by atoms with Crippen LogP contribution in [-0.2, 0) is 6.54 Å². The fourth-order valence-corrected chi connectivity index (χ4v) is 3.19. The summed E-state index contributed by atoms with van der Waals surface area (Å²) in [6.45, 7) is 8.49. The number of fused-ring (bicyclic) bond motifs is 1. The number of hydrogen-bond acceptors (Lipinski definition) is 5. The summed E-state index contributed by atoms with van der Waals surface area (Å²) in [5.74, 6) is 2.68. The molecule has 0 saturated carbocycles. The summed E-state index contributed by atoms with van der Waals surface area (Å²) in [6, 6.07) is 11.8. The van der Waals surface area contributed by atoms with Crippen molar-refractivity contribution in [2.45, 2.75) is 33.4 Å². The van der Waals surface area contributed by atoms with E-state index in [0.717, 1.165) is 22.6 Å². The predicted molar refractivity (Wildman–Crippen MR) is 108 cm³/mol. The molecule has 0 saturated heterocycles. The molecule has 2 aromatic carbocycles. The topological polar surface area (TPSA) is 60.0 Å². The Labute approximate surface area is 167 Å². The first-order valence-electron chi connectivity index (χ1n) is 9.16. The van der Waals surface area contributed by atoms with Gasteiger partial charge in [0.05, 0.1) is 6.61 Å². The van der Waals surface area contributed by atoms with Gasteiger partial charge in [-0.25, -0.2) is 0 Å². The third-order valence-electron chi connectivity index (χ3n) is 4.49. The molecule has 0 amide bonds. The molecule has 2 aromatic rings. The van der Waals surface area contributed by atoms with Gasteiger partial charge in [0.15, 0.2) is 23.0 Å². The van der Waals surface area contributed by atoms with Crippen molar-refractivity contribution >= 4 is 12.4 Å². The van der Waals surface area contributed by atoms with Gasteiger partial charge in [0.1, 0.15) is 13.2 Å². The quantitative estimate of drug-likeness (QED) is 0.726. The highest BCUT2D eigenvalue weighted by Gasteiger charge is 2.20. The van der Waals surface area contributed by atoms with Crippen LogP contribution in [0.2, 0.25) is 0 Å². The van der Waals surface area contributed by atoms with Gasteiger partial charge in [-0.2, -0.15) is 0 Å². The molecule has 0 aromatic heterocycles. The lowest BCUT2D eigenvalue weighted by Crippen LogP contribution is -2.26. The second kappa shape index (κ2) is 9.72. The molecule has 6 heteroatoms. The first kappa shape index (κ1) is 21.2. The van der Waals surface area contributed by atoms with Crippen molar-refractivity contribution in [3.05, 3.63) is 47.5 Å². The maximum Gasteiger partial charge on any atom is 0.162 e. The molecule has 2 N–H and O–H groups in total. The van der Waals surface area contributed by atoms with Gasteiger partial charge in [-0.3, -0.25) is 0 Å². The number of rotatable bonds is 7. The van der Waals surface area contributed by atoms with E-state index in [-0.39, 0.29) is 24.2 Å². The Hall–Kier alpha value is -2.11. The van der Waals surface area contributed by atoms with Gasteiger partial charge >= 0.3 is 0 Å². The van der Waals surface area contributed by atoms with Crippen molar-refractivity contribution in [2.24, 2.45) is 5.92 Å². The van der Waals surface area contributed by atoms with Crippen LogP contribution in [0.4, 0.5) is 0 Å². The zero-order valence-electron chi connectivity index (χ0n) is 16.0. The summed E-state index contributed by atoms with van der Waals surface area (Å²) in [7, 11) is 0. The molecule has 0 fully saturated rings. The zero-order valence-corrected chi connectivity index (χ0v) is 16.8. The molecule has 3 rings (SSSR count).